The summed E-state index contributed by atoms with van der Waals surface area (Å²) in [5.74, 6) is -3.52. The van der Waals surface area contributed by atoms with Gasteiger partial charge in [0.25, 0.3) is 0 Å². The molecule has 1 aliphatic rings. The highest BCUT2D eigenvalue weighted by atomic mass is 17.1. The molecule has 2 aromatic carbocycles. The zero-order chi connectivity index (χ0) is 19.5. The fourth-order valence-corrected chi connectivity index (χ4v) is 3.68. The summed E-state index contributed by atoms with van der Waals surface area (Å²) < 4.78 is 5.28. The lowest BCUT2D eigenvalue weighted by Gasteiger charge is -2.37. The summed E-state index contributed by atoms with van der Waals surface area (Å²) >= 11 is 0. The largest absolute Gasteiger partial charge is 0.478 e. The highest BCUT2D eigenvalue weighted by Crippen LogP contribution is 2.50. The summed E-state index contributed by atoms with van der Waals surface area (Å²) in [6.45, 7) is 0. The molecule has 0 unspecified atom stereocenters. The number of ether oxygens (including phenoxy) is 1. The van der Waals surface area contributed by atoms with Gasteiger partial charge >= 0.3 is 17.9 Å². The molecule has 140 valence electrons. The van der Waals surface area contributed by atoms with Crippen LogP contribution >= 0.6 is 0 Å². The molecule has 0 aromatic heterocycles. The number of hydrogen-bond donors (Lipinski definition) is 2. The number of carbonyl (C=O) groups is 3. The van der Waals surface area contributed by atoms with Crippen LogP contribution < -0.4 is 0 Å². The average Bonchev–Trinajstić information content (AvgIpc) is 2.95. The summed E-state index contributed by atoms with van der Waals surface area (Å²) in [4.78, 5) is 41.1. The molecule has 2 aromatic rings. The van der Waals surface area contributed by atoms with Crippen LogP contribution in [0.2, 0.25) is 0 Å². The third-order valence-electron chi connectivity index (χ3n) is 4.97. The van der Waals surface area contributed by atoms with Crippen molar-refractivity contribution in [3.05, 3.63) is 71.8 Å². The number of aliphatic carboxylic acids is 1. The minimum atomic E-state index is -2.21. The van der Waals surface area contributed by atoms with Crippen LogP contribution in [0.15, 0.2) is 60.7 Å². The van der Waals surface area contributed by atoms with E-state index < -0.39 is 35.3 Å². The first-order valence-electron chi connectivity index (χ1n) is 8.32. The van der Waals surface area contributed by atoms with Gasteiger partial charge in [0.1, 0.15) is 5.41 Å². The maximum Gasteiger partial charge on any atom is 0.353 e. The summed E-state index contributed by atoms with van der Waals surface area (Å²) in [6.07, 6.45) is -0.893. The van der Waals surface area contributed by atoms with Gasteiger partial charge in [0.15, 0.2) is 0 Å². The van der Waals surface area contributed by atoms with Crippen LogP contribution in [-0.2, 0) is 36.8 Å². The minimum Gasteiger partial charge on any atom is -0.478 e. The van der Waals surface area contributed by atoms with E-state index >= 15 is 0 Å². The zero-order valence-corrected chi connectivity index (χ0v) is 14.3. The van der Waals surface area contributed by atoms with Crippen LogP contribution in [0.3, 0.4) is 0 Å². The van der Waals surface area contributed by atoms with E-state index in [0.29, 0.717) is 11.1 Å². The quantitative estimate of drug-likeness (QED) is 0.456. The van der Waals surface area contributed by atoms with Crippen molar-refractivity contribution >= 4 is 17.9 Å². The van der Waals surface area contributed by atoms with Crippen LogP contribution in [0.4, 0.5) is 0 Å². The number of rotatable bonds is 6. The highest BCUT2D eigenvalue weighted by molar-refractivity contribution is 5.98. The molecule has 0 radical (unpaired) electrons. The van der Waals surface area contributed by atoms with Crippen LogP contribution in [0.5, 0.6) is 0 Å². The van der Waals surface area contributed by atoms with Crippen molar-refractivity contribution in [3.8, 4) is 0 Å². The van der Waals surface area contributed by atoms with Crippen LogP contribution in [-0.4, -0.2) is 33.9 Å². The fourth-order valence-electron chi connectivity index (χ4n) is 3.68. The molecule has 1 heterocycles. The molecule has 1 saturated heterocycles. The van der Waals surface area contributed by atoms with E-state index in [4.69, 9.17) is 9.99 Å². The molecule has 1 aliphatic heterocycles. The number of esters is 1. The lowest BCUT2D eigenvalue weighted by atomic mass is 9.65. The van der Waals surface area contributed by atoms with Gasteiger partial charge in [-0.15, -0.1) is 0 Å². The number of cyclic esters (lactones) is 1. The van der Waals surface area contributed by atoms with Gasteiger partial charge in [0.05, 0.1) is 6.42 Å². The second kappa shape index (κ2) is 7.20. The van der Waals surface area contributed by atoms with Gasteiger partial charge in [-0.25, -0.2) is 9.59 Å². The van der Waals surface area contributed by atoms with Gasteiger partial charge in [0.2, 0.25) is 5.60 Å². The van der Waals surface area contributed by atoms with Crippen molar-refractivity contribution in [3.63, 3.8) is 0 Å². The van der Waals surface area contributed by atoms with E-state index in [1.165, 1.54) is 0 Å². The number of carbonyl (C=O) groups excluding carboxylic acids is 2. The number of benzene rings is 2. The fraction of sp³-hybridized carbons (Fsp3) is 0.250. The van der Waals surface area contributed by atoms with Gasteiger partial charge in [0, 0.05) is 6.42 Å². The number of carboxylic acids is 1. The third kappa shape index (κ3) is 3.17. The van der Waals surface area contributed by atoms with E-state index in [1.54, 1.807) is 60.7 Å². The number of hydrogen-bond acceptors (Lipinski definition) is 6. The Morgan fingerprint density at radius 3 is 1.96 bits per heavy atom. The second-order valence-electron chi connectivity index (χ2n) is 6.57. The normalized spacial score (nSPS) is 24.3. The molecule has 2 N–H and O–H groups in total. The summed E-state index contributed by atoms with van der Waals surface area (Å²) in [5.41, 5.74) is -2.94. The molecule has 27 heavy (non-hydrogen) atoms. The van der Waals surface area contributed by atoms with E-state index in [2.05, 4.69) is 4.89 Å². The maximum absolute atomic E-state index is 12.6. The van der Waals surface area contributed by atoms with Crippen LogP contribution in [0.25, 0.3) is 0 Å². The van der Waals surface area contributed by atoms with Crippen LogP contribution in [0, 0.1) is 5.41 Å². The van der Waals surface area contributed by atoms with Crippen molar-refractivity contribution in [1.82, 2.24) is 0 Å². The first-order valence-corrected chi connectivity index (χ1v) is 8.32. The smallest absolute Gasteiger partial charge is 0.353 e. The van der Waals surface area contributed by atoms with E-state index in [0.717, 1.165) is 0 Å². The average molecular weight is 370 g/mol. The first-order chi connectivity index (χ1) is 12.9. The second-order valence-corrected chi connectivity index (χ2v) is 6.57. The zero-order valence-electron chi connectivity index (χ0n) is 14.3. The molecule has 2 atom stereocenters. The maximum atomic E-state index is 12.6. The highest BCUT2D eigenvalue weighted by Gasteiger charge is 2.70. The van der Waals surface area contributed by atoms with Crippen molar-refractivity contribution in [2.24, 2.45) is 5.41 Å². The molecule has 1 fully saturated rings. The molecule has 7 heteroatoms. The van der Waals surface area contributed by atoms with E-state index in [-0.39, 0.29) is 12.8 Å². The molecule has 3 rings (SSSR count). The molecule has 0 bridgehead atoms. The summed E-state index contributed by atoms with van der Waals surface area (Å²) in [6, 6.07) is 17.2. The number of carboxylic acid groups (broad SMARTS) is 1. The molecular weight excluding hydrogens is 352 g/mol. The molecule has 7 nitrogen and oxygen atoms in total. The topological polar surface area (TPSA) is 110 Å². The SMILES string of the molecule is O=C1C[C@@](Cc2ccccc2)(C(=O)OO)[C@@](Cc2ccccc2)(C(=O)O)O1. The Morgan fingerprint density at radius 2 is 1.48 bits per heavy atom. The molecule has 0 saturated carbocycles. The van der Waals surface area contributed by atoms with Crippen molar-refractivity contribution in [2.75, 3.05) is 0 Å². The van der Waals surface area contributed by atoms with Gasteiger partial charge in [-0.2, -0.15) is 5.26 Å². The van der Waals surface area contributed by atoms with E-state index in [1.807, 2.05) is 0 Å². The lowest BCUT2D eigenvalue weighted by molar-refractivity contribution is -0.253. The molecular formula is C20H18O7. The van der Waals surface area contributed by atoms with Crippen molar-refractivity contribution in [2.45, 2.75) is 24.9 Å². The van der Waals surface area contributed by atoms with Crippen molar-refractivity contribution in [1.29, 1.82) is 0 Å². The predicted molar refractivity (Wildman–Crippen MR) is 92.5 cm³/mol. The molecule has 0 spiro atoms. The van der Waals surface area contributed by atoms with E-state index in [9.17, 15) is 19.5 Å². The van der Waals surface area contributed by atoms with Gasteiger partial charge in [-0.05, 0) is 17.5 Å². The predicted octanol–water partition coefficient (Wildman–Crippen LogP) is 2.24. The lowest BCUT2D eigenvalue weighted by Crippen LogP contribution is -2.58. The monoisotopic (exact) mass is 370 g/mol. The Hall–Kier alpha value is -3.19. The summed E-state index contributed by atoms with van der Waals surface area (Å²) in [5, 5.41) is 19.1. The third-order valence-corrected chi connectivity index (χ3v) is 4.97. The standard InChI is InChI=1S/C20H18O7/c21-16-13-19(18(24)27-25,11-14-7-3-1-4-8-14)20(26-16,17(22)23)12-15-9-5-2-6-10-15/h1-10,25H,11-13H2,(H,22,23)/t19-,20+/m0/s1. The Bertz CT molecular complexity index is 849. The Labute approximate surface area is 155 Å². The Kier molecular flexibility index (Phi) is 4.96. The van der Waals surface area contributed by atoms with Crippen molar-refractivity contribution < 1.29 is 34.4 Å². The molecule has 0 aliphatic carbocycles. The summed E-state index contributed by atoms with van der Waals surface area (Å²) in [7, 11) is 0. The minimum absolute atomic E-state index is 0.141. The van der Waals surface area contributed by atoms with Crippen LogP contribution in [0.1, 0.15) is 17.5 Å². The Morgan fingerprint density at radius 1 is 0.963 bits per heavy atom. The van der Waals surface area contributed by atoms with Gasteiger partial charge in [-0.3, -0.25) is 4.79 Å². The first kappa shape index (κ1) is 18.6. The van der Waals surface area contributed by atoms with Gasteiger partial charge < -0.3 is 14.7 Å². The Balaban J connectivity index is 2.16. The van der Waals surface area contributed by atoms with Gasteiger partial charge in [-0.1, -0.05) is 60.7 Å². The molecule has 0 amide bonds.